The van der Waals surface area contributed by atoms with E-state index in [9.17, 15) is 0 Å². The monoisotopic (exact) mass is 518 g/mol. The lowest BCUT2D eigenvalue weighted by Crippen LogP contribution is -2.61. The quantitative estimate of drug-likeness (QED) is 0.374. The molecule has 0 aromatic carbocycles. The summed E-state index contributed by atoms with van der Waals surface area (Å²) in [5, 5.41) is 0. The Kier molecular flexibility index (Phi) is 9.15. The van der Waals surface area contributed by atoms with E-state index in [0.29, 0.717) is 24.0 Å². The number of hydrogen-bond donors (Lipinski definition) is 0. The maximum atomic E-state index is 7.73. The molecule has 4 unspecified atom stereocenters. The minimum Gasteiger partial charge on any atom is -0.378 e. The van der Waals surface area contributed by atoms with Gasteiger partial charge in [-0.1, -0.05) is 0 Å². The molecule has 0 N–H and O–H groups in total. The average Bonchev–Trinajstić information content (AvgIpc) is 3.00. The molecule has 6 aliphatic rings. The van der Waals surface area contributed by atoms with E-state index in [1.54, 1.807) is 0 Å². The molecule has 0 amide bonds. The zero-order valence-electron chi connectivity index (χ0n) is 23.5. The molecule has 2 saturated carbocycles. The van der Waals surface area contributed by atoms with Gasteiger partial charge in [0, 0.05) is 26.4 Å². The summed E-state index contributed by atoms with van der Waals surface area (Å²) in [6.07, 6.45) is 25.8. The molecule has 6 fully saturated rings. The Hall–Kier alpha value is -0.200. The molecular weight excluding hydrogens is 464 g/mol. The average molecular weight is 519 g/mol. The molecule has 37 heavy (non-hydrogen) atoms. The van der Waals surface area contributed by atoms with Crippen molar-refractivity contribution in [1.82, 2.24) is 0 Å². The molecular formula is C32H54O5. The third-order valence-corrected chi connectivity index (χ3v) is 11.2. The van der Waals surface area contributed by atoms with Gasteiger partial charge >= 0.3 is 0 Å². The third kappa shape index (κ3) is 6.11. The van der Waals surface area contributed by atoms with Crippen molar-refractivity contribution < 1.29 is 23.7 Å². The predicted molar refractivity (Wildman–Crippen MR) is 145 cm³/mol. The van der Waals surface area contributed by atoms with E-state index < -0.39 is 0 Å². The lowest BCUT2D eigenvalue weighted by molar-refractivity contribution is -0.281. The molecule has 5 heteroatoms. The van der Waals surface area contributed by atoms with Gasteiger partial charge in [-0.05, 0) is 140 Å². The second-order valence-corrected chi connectivity index (χ2v) is 13.4. The molecule has 4 saturated heterocycles. The van der Waals surface area contributed by atoms with Crippen molar-refractivity contribution in [2.24, 2.45) is 11.8 Å². The molecule has 0 aromatic heterocycles. The van der Waals surface area contributed by atoms with Crippen LogP contribution in [0.25, 0.3) is 0 Å². The summed E-state index contributed by atoms with van der Waals surface area (Å²) in [6.45, 7) is 3.73. The Morgan fingerprint density at radius 3 is 1.11 bits per heavy atom. The number of ether oxygens (including phenoxy) is 5. The number of rotatable bonds is 6. The van der Waals surface area contributed by atoms with Crippen LogP contribution in [0.5, 0.6) is 0 Å². The molecule has 2 aliphatic carbocycles. The van der Waals surface area contributed by atoms with Crippen LogP contribution in [0.2, 0.25) is 0 Å². The molecule has 6 rings (SSSR count). The second-order valence-electron chi connectivity index (χ2n) is 13.4. The Morgan fingerprint density at radius 1 is 0.405 bits per heavy atom. The van der Waals surface area contributed by atoms with Crippen LogP contribution in [-0.2, 0) is 23.7 Å². The van der Waals surface area contributed by atoms with Gasteiger partial charge < -0.3 is 23.7 Å². The van der Waals surface area contributed by atoms with Crippen molar-refractivity contribution in [3.05, 3.63) is 0 Å². The van der Waals surface area contributed by atoms with Crippen molar-refractivity contribution in [1.29, 1.82) is 0 Å². The standard InChI is InChI=1S/C32H54O5/c1-5-21-33-27(9-1)25-13-17-31(18-14-25,29-11-3-7-23-35-29)37-32(30-12-4-8-24-36-30)19-15-26(16-20-32)28-10-2-6-22-34-28/h25-30H,1-24H2. The normalized spacial score (nSPS) is 46.4. The van der Waals surface area contributed by atoms with Gasteiger partial charge in [-0.2, -0.15) is 0 Å². The predicted octanol–water partition coefficient (Wildman–Crippen LogP) is 7.14. The van der Waals surface area contributed by atoms with E-state index in [2.05, 4.69) is 0 Å². The summed E-state index contributed by atoms with van der Waals surface area (Å²) in [4.78, 5) is 0. The Balaban J connectivity index is 1.20. The first-order valence-electron chi connectivity index (χ1n) is 16.4. The van der Waals surface area contributed by atoms with Crippen LogP contribution >= 0.6 is 0 Å². The van der Waals surface area contributed by atoms with Gasteiger partial charge in [-0.3, -0.25) is 0 Å². The smallest absolute Gasteiger partial charge is 0.0952 e. The van der Waals surface area contributed by atoms with Crippen LogP contribution in [0, 0.1) is 11.8 Å². The first-order valence-corrected chi connectivity index (χ1v) is 16.4. The Bertz CT molecular complexity index is 613. The van der Waals surface area contributed by atoms with Crippen molar-refractivity contribution in [3.63, 3.8) is 0 Å². The number of hydrogen-bond acceptors (Lipinski definition) is 5. The highest BCUT2D eigenvalue weighted by molar-refractivity contribution is 5.04. The van der Waals surface area contributed by atoms with Gasteiger partial charge in [-0.25, -0.2) is 0 Å². The third-order valence-electron chi connectivity index (χ3n) is 11.2. The van der Waals surface area contributed by atoms with Crippen molar-refractivity contribution in [2.75, 3.05) is 26.4 Å². The molecule has 0 spiro atoms. The zero-order valence-corrected chi connectivity index (χ0v) is 23.5. The molecule has 4 atom stereocenters. The van der Waals surface area contributed by atoms with Crippen molar-refractivity contribution >= 4 is 0 Å². The maximum absolute atomic E-state index is 7.73. The fraction of sp³-hybridized carbons (Fsp3) is 1.00. The van der Waals surface area contributed by atoms with Gasteiger partial charge in [0.25, 0.3) is 0 Å². The van der Waals surface area contributed by atoms with Gasteiger partial charge in [0.15, 0.2) is 0 Å². The summed E-state index contributed by atoms with van der Waals surface area (Å²) in [7, 11) is 0. The highest BCUT2D eigenvalue weighted by atomic mass is 16.6. The Morgan fingerprint density at radius 2 is 0.784 bits per heavy atom. The lowest BCUT2D eigenvalue weighted by atomic mass is 9.68. The summed E-state index contributed by atoms with van der Waals surface area (Å²) in [6, 6.07) is 0. The van der Waals surface area contributed by atoms with E-state index in [0.717, 1.165) is 65.0 Å². The molecule has 0 radical (unpaired) electrons. The van der Waals surface area contributed by atoms with Crippen LogP contribution in [0.3, 0.4) is 0 Å². The first-order chi connectivity index (χ1) is 18.3. The van der Waals surface area contributed by atoms with E-state index in [4.69, 9.17) is 23.7 Å². The van der Waals surface area contributed by atoms with E-state index in [1.807, 2.05) is 0 Å². The van der Waals surface area contributed by atoms with Crippen LogP contribution in [0.1, 0.15) is 128 Å². The van der Waals surface area contributed by atoms with Gasteiger partial charge in [0.1, 0.15) is 0 Å². The van der Waals surface area contributed by atoms with Crippen LogP contribution in [0.4, 0.5) is 0 Å². The van der Waals surface area contributed by atoms with E-state index >= 15 is 0 Å². The Labute approximate surface area is 226 Å². The van der Waals surface area contributed by atoms with Crippen molar-refractivity contribution in [3.8, 4) is 0 Å². The van der Waals surface area contributed by atoms with Crippen LogP contribution in [0.15, 0.2) is 0 Å². The molecule has 4 heterocycles. The maximum Gasteiger partial charge on any atom is 0.0952 e. The molecule has 5 nitrogen and oxygen atoms in total. The summed E-state index contributed by atoms with van der Waals surface area (Å²) >= 11 is 0. The van der Waals surface area contributed by atoms with E-state index in [-0.39, 0.29) is 23.4 Å². The fourth-order valence-corrected chi connectivity index (χ4v) is 8.97. The van der Waals surface area contributed by atoms with Gasteiger partial charge in [-0.15, -0.1) is 0 Å². The minimum atomic E-state index is -0.152. The first kappa shape index (κ1) is 27.0. The largest absolute Gasteiger partial charge is 0.378 e. The molecule has 0 bridgehead atoms. The van der Waals surface area contributed by atoms with Crippen LogP contribution < -0.4 is 0 Å². The highest BCUT2D eigenvalue weighted by Gasteiger charge is 2.54. The topological polar surface area (TPSA) is 46.2 Å². The zero-order chi connectivity index (χ0) is 25.0. The van der Waals surface area contributed by atoms with Gasteiger partial charge in [0.05, 0.1) is 35.6 Å². The minimum absolute atomic E-state index is 0.152. The molecule has 212 valence electrons. The summed E-state index contributed by atoms with van der Waals surface area (Å²) in [5.74, 6) is 1.39. The SMILES string of the molecule is C1CCC(C2CCC(OC3(C4CCCCO4)CCC(C4CCCCO4)CC3)(C3CCCCO3)CC2)OC1. The summed E-state index contributed by atoms with van der Waals surface area (Å²) < 4.78 is 33.4. The second kappa shape index (κ2) is 12.5. The molecule has 4 aliphatic heterocycles. The lowest BCUT2D eigenvalue weighted by Gasteiger charge is -2.56. The fourth-order valence-electron chi connectivity index (χ4n) is 8.97. The van der Waals surface area contributed by atoms with Gasteiger partial charge in [0.2, 0.25) is 0 Å². The highest BCUT2D eigenvalue weighted by Crippen LogP contribution is 2.51. The van der Waals surface area contributed by atoms with Crippen molar-refractivity contribution in [2.45, 2.75) is 164 Å². The van der Waals surface area contributed by atoms with E-state index in [1.165, 1.54) is 89.9 Å². The molecule has 0 aromatic rings. The van der Waals surface area contributed by atoms with Crippen LogP contribution in [-0.4, -0.2) is 62.0 Å². The summed E-state index contributed by atoms with van der Waals surface area (Å²) in [5.41, 5.74) is -0.304.